The van der Waals surface area contributed by atoms with Crippen LogP contribution >= 0.6 is 0 Å². The first-order chi connectivity index (χ1) is 10.2. The highest BCUT2D eigenvalue weighted by Gasteiger charge is 2.24. The molecule has 1 aliphatic heterocycles. The van der Waals surface area contributed by atoms with Crippen LogP contribution in [-0.2, 0) is 0 Å². The molecule has 1 aliphatic rings. The molecule has 2 aromatic rings. The summed E-state index contributed by atoms with van der Waals surface area (Å²) in [6.07, 6.45) is 1.15. The highest BCUT2D eigenvalue weighted by Crippen LogP contribution is 2.23. The summed E-state index contributed by atoms with van der Waals surface area (Å²) >= 11 is 0. The predicted octanol–water partition coefficient (Wildman–Crippen LogP) is 2.18. The Morgan fingerprint density at radius 2 is 2.00 bits per heavy atom. The SMILES string of the molecule is CCCN1CCN(C(=O)c2cc3cc(N)ccc3o2)CC1. The fraction of sp³-hybridized carbons (Fsp3) is 0.438. The van der Waals surface area contributed by atoms with Gasteiger partial charge in [0.25, 0.3) is 5.91 Å². The van der Waals surface area contributed by atoms with Gasteiger partial charge in [0.05, 0.1) is 0 Å². The van der Waals surface area contributed by atoms with E-state index in [1.165, 1.54) is 0 Å². The lowest BCUT2D eigenvalue weighted by Crippen LogP contribution is -2.48. The zero-order valence-electron chi connectivity index (χ0n) is 12.3. The minimum absolute atomic E-state index is 0.0269. The van der Waals surface area contributed by atoms with E-state index >= 15 is 0 Å². The van der Waals surface area contributed by atoms with Crippen molar-refractivity contribution in [1.82, 2.24) is 9.80 Å². The standard InChI is InChI=1S/C16H21N3O2/c1-2-5-18-6-8-19(9-7-18)16(20)15-11-12-10-13(17)3-4-14(12)21-15/h3-4,10-11H,2,5-9,17H2,1H3. The van der Waals surface area contributed by atoms with E-state index in [1.807, 2.05) is 11.0 Å². The second kappa shape index (κ2) is 5.77. The van der Waals surface area contributed by atoms with Gasteiger partial charge in [-0.1, -0.05) is 6.92 Å². The van der Waals surface area contributed by atoms with Crippen molar-refractivity contribution in [2.75, 3.05) is 38.5 Å². The normalized spacial score (nSPS) is 16.5. The molecule has 5 heteroatoms. The second-order valence-electron chi connectivity index (χ2n) is 5.54. The van der Waals surface area contributed by atoms with Crippen LogP contribution in [0, 0.1) is 0 Å². The first-order valence-corrected chi connectivity index (χ1v) is 7.48. The smallest absolute Gasteiger partial charge is 0.289 e. The summed E-state index contributed by atoms with van der Waals surface area (Å²) in [5, 5.41) is 0.878. The van der Waals surface area contributed by atoms with Crippen molar-refractivity contribution in [3.63, 3.8) is 0 Å². The number of anilines is 1. The van der Waals surface area contributed by atoms with Crippen molar-refractivity contribution in [3.05, 3.63) is 30.0 Å². The van der Waals surface area contributed by atoms with Crippen LogP contribution < -0.4 is 5.73 Å². The van der Waals surface area contributed by atoms with Gasteiger partial charge in [-0.25, -0.2) is 0 Å². The maximum atomic E-state index is 12.5. The van der Waals surface area contributed by atoms with E-state index in [0.29, 0.717) is 17.0 Å². The van der Waals surface area contributed by atoms with E-state index in [4.69, 9.17) is 10.2 Å². The number of hydrogen-bond acceptors (Lipinski definition) is 4. The molecule has 0 radical (unpaired) electrons. The molecule has 112 valence electrons. The third kappa shape index (κ3) is 2.88. The average Bonchev–Trinajstić information content (AvgIpc) is 2.90. The number of carbonyl (C=O) groups excluding carboxylic acids is 1. The van der Waals surface area contributed by atoms with Crippen LogP contribution in [0.15, 0.2) is 28.7 Å². The van der Waals surface area contributed by atoms with Crippen molar-refractivity contribution in [2.45, 2.75) is 13.3 Å². The molecule has 2 heterocycles. The number of piperazine rings is 1. The number of nitrogens with two attached hydrogens (primary N) is 1. The van der Waals surface area contributed by atoms with Gasteiger partial charge in [-0.2, -0.15) is 0 Å². The lowest BCUT2D eigenvalue weighted by atomic mass is 10.2. The van der Waals surface area contributed by atoms with Gasteiger partial charge in [0.1, 0.15) is 5.58 Å². The molecular weight excluding hydrogens is 266 g/mol. The molecule has 2 N–H and O–H groups in total. The topological polar surface area (TPSA) is 62.7 Å². The monoisotopic (exact) mass is 287 g/mol. The van der Waals surface area contributed by atoms with E-state index in [-0.39, 0.29) is 5.91 Å². The lowest BCUT2D eigenvalue weighted by Gasteiger charge is -2.34. The Labute approximate surface area is 124 Å². The Morgan fingerprint density at radius 1 is 1.24 bits per heavy atom. The fourth-order valence-corrected chi connectivity index (χ4v) is 2.81. The van der Waals surface area contributed by atoms with Gasteiger partial charge in [-0.15, -0.1) is 0 Å². The highest BCUT2D eigenvalue weighted by atomic mass is 16.3. The van der Waals surface area contributed by atoms with Crippen LogP contribution in [0.25, 0.3) is 11.0 Å². The Hall–Kier alpha value is -2.01. The number of benzene rings is 1. The van der Waals surface area contributed by atoms with Crippen LogP contribution in [0.3, 0.4) is 0 Å². The Morgan fingerprint density at radius 3 is 2.71 bits per heavy atom. The quantitative estimate of drug-likeness (QED) is 0.879. The number of carbonyl (C=O) groups is 1. The van der Waals surface area contributed by atoms with Crippen molar-refractivity contribution in [3.8, 4) is 0 Å². The molecular formula is C16H21N3O2. The first-order valence-electron chi connectivity index (χ1n) is 7.48. The summed E-state index contributed by atoms with van der Waals surface area (Å²) in [6, 6.07) is 7.20. The fourth-order valence-electron chi connectivity index (χ4n) is 2.81. The minimum atomic E-state index is -0.0269. The van der Waals surface area contributed by atoms with Crippen LogP contribution in [0.5, 0.6) is 0 Å². The molecule has 0 aliphatic carbocycles. The van der Waals surface area contributed by atoms with Crippen LogP contribution in [0.4, 0.5) is 5.69 Å². The third-order valence-corrected chi connectivity index (χ3v) is 3.95. The van der Waals surface area contributed by atoms with Gasteiger partial charge in [-0.05, 0) is 37.2 Å². The minimum Gasteiger partial charge on any atom is -0.451 e. The predicted molar refractivity (Wildman–Crippen MR) is 83.3 cm³/mol. The summed E-state index contributed by atoms with van der Waals surface area (Å²) in [4.78, 5) is 16.8. The Kier molecular flexibility index (Phi) is 3.84. The number of nitrogens with zero attached hydrogens (tertiary/aromatic N) is 2. The second-order valence-corrected chi connectivity index (χ2v) is 5.54. The van der Waals surface area contributed by atoms with Gasteiger partial charge in [0.2, 0.25) is 0 Å². The van der Waals surface area contributed by atoms with E-state index in [1.54, 1.807) is 18.2 Å². The first kappa shape index (κ1) is 13.9. The number of fused-ring (bicyclic) bond motifs is 1. The number of nitrogen functional groups attached to an aromatic ring is 1. The molecule has 1 aromatic carbocycles. The van der Waals surface area contributed by atoms with Gasteiger partial charge >= 0.3 is 0 Å². The highest BCUT2D eigenvalue weighted by molar-refractivity contribution is 5.96. The molecule has 1 aromatic heterocycles. The molecule has 1 fully saturated rings. The maximum Gasteiger partial charge on any atom is 0.289 e. The molecule has 0 atom stereocenters. The van der Waals surface area contributed by atoms with Gasteiger partial charge in [-0.3, -0.25) is 9.69 Å². The molecule has 0 unspecified atom stereocenters. The number of furan rings is 1. The molecule has 3 rings (SSSR count). The zero-order valence-corrected chi connectivity index (χ0v) is 12.3. The Bertz CT molecular complexity index is 642. The van der Waals surface area contributed by atoms with Gasteiger partial charge < -0.3 is 15.1 Å². The molecule has 0 spiro atoms. The van der Waals surface area contributed by atoms with Crippen molar-refractivity contribution >= 4 is 22.6 Å². The summed E-state index contributed by atoms with van der Waals surface area (Å²) in [5.74, 6) is 0.375. The lowest BCUT2D eigenvalue weighted by molar-refractivity contribution is 0.0609. The number of rotatable bonds is 3. The van der Waals surface area contributed by atoms with Crippen molar-refractivity contribution < 1.29 is 9.21 Å². The summed E-state index contributed by atoms with van der Waals surface area (Å²) < 4.78 is 5.65. The molecule has 1 saturated heterocycles. The maximum absolute atomic E-state index is 12.5. The van der Waals surface area contributed by atoms with Gasteiger partial charge in [0.15, 0.2) is 5.76 Å². The third-order valence-electron chi connectivity index (χ3n) is 3.95. The molecule has 1 amide bonds. The number of amides is 1. The average molecular weight is 287 g/mol. The van der Waals surface area contributed by atoms with E-state index in [0.717, 1.165) is 44.5 Å². The Balaban J connectivity index is 1.72. The summed E-state index contributed by atoms with van der Waals surface area (Å²) in [5.41, 5.74) is 7.14. The largest absolute Gasteiger partial charge is 0.451 e. The molecule has 0 bridgehead atoms. The summed E-state index contributed by atoms with van der Waals surface area (Å²) in [6.45, 7) is 6.68. The number of hydrogen-bond donors (Lipinski definition) is 1. The van der Waals surface area contributed by atoms with E-state index in [9.17, 15) is 4.79 Å². The summed E-state index contributed by atoms with van der Waals surface area (Å²) in [7, 11) is 0. The molecule has 0 saturated carbocycles. The van der Waals surface area contributed by atoms with E-state index in [2.05, 4.69) is 11.8 Å². The van der Waals surface area contributed by atoms with E-state index < -0.39 is 0 Å². The van der Waals surface area contributed by atoms with Crippen molar-refractivity contribution in [1.29, 1.82) is 0 Å². The van der Waals surface area contributed by atoms with Crippen LogP contribution in [-0.4, -0.2) is 48.4 Å². The zero-order chi connectivity index (χ0) is 14.8. The molecule has 21 heavy (non-hydrogen) atoms. The van der Waals surface area contributed by atoms with Crippen molar-refractivity contribution in [2.24, 2.45) is 0 Å². The van der Waals surface area contributed by atoms with Crippen LogP contribution in [0.2, 0.25) is 0 Å². The van der Waals surface area contributed by atoms with Crippen LogP contribution in [0.1, 0.15) is 23.9 Å². The van der Waals surface area contributed by atoms with Gasteiger partial charge in [0, 0.05) is 37.3 Å². The molecule has 5 nitrogen and oxygen atoms in total.